The van der Waals surface area contributed by atoms with Gasteiger partial charge in [-0.15, -0.1) is 0 Å². The van der Waals surface area contributed by atoms with Gasteiger partial charge in [0, 0.05) is 25.4 Å². The number of rotatable bonds is 5. The molecule has 1 amide bonds. The topological polar surface area (TPSA) is 55.6 Å². The predicted octanol–water partition coefficient (Wildman–Crippen LogP) is 2.42. The van der Waals surface area contributed by atoms with Crippen LogP contribution in [0.15, 0.2) is 18.2 Å². The molecule has 0 saturated heterocycles. The first kappa shape index (κ1) is 14.8. The molecule has 0 heterocycles. The fraction of sp³-hybridized carbons (Fsp3) is 0.462. The van der Waals surface area contributed by atoms with Gasteiger partial charge in [-0.2, -0.15) is 0 Å². The Balaban J connectivity index is 2.94. The van der Waals surface area contributed by atoms with Crippen LogP contribution >= 0.6 is 11.6 Å². The summed E-state index contributed by atoms with van der Waals surface area (Å²) >= 11 is 6.05. The Morgan fingerprint density at radius 1 is 1.50 bits per heavy atom. The minimum absolute atomic E-state index is 0.0845. The van der Waals surface area contributed by atoms with E-state index in [1.807, 2.05) is 13.8 Å². The Morgan fingerprint density at radius 3 is 2.67 bits per heavy atom. The van der Waals surface area contributed by atoms with Crippen LogP contribution in [0.1, 0.15) is 24.2 Å². The van der Waals surface area contributed by atoms with E-state index in [4.69, 9.17) is 22.1 Å². The smallest absolute Gasteiger partial charge is 0.255 e. The lowest BCUT2D eigenvalue weighted by molar-refractivity contribution is 0.0635. The van der Waals surface area contributed by atoms with Gasteiger partial charge in [0.2, 0.25) is 0 Å². The van der Waals surface area contributed by atoms with Crippen LogP contribution in [0.25, 0.3) is 0 Å². The Morgan fingerprint density at radius 2 is 2.17 bits per heavy atom. The molecule has 0 unspecified atom stereocenters. The van der Waals surface area contributed by atoms with Gasteiger partial charge in [-0.3, -0.25) is 4.79 Å². The third-order valence-electron chi connectivity index (χ3n) is 2.64. The van der Waals surface area contributed by atoms with Gasteiger partial charge in [0.05, 0.1) is 17.2 Å². The second-order valence-electron chi connectivity index (χ2n) is 4.32. The zero-order chi connectivity index (χ0) is 13.7. The van der Waals surface area contributed by atoms with E-state index in [1.54, 1.807) is 30.2 Å². The molecular formula is C13H19ClN2O2. The fourth-order valence-electron chi connectivity index (χ4n) is 1.64. The van der Waals surface area contributed by atoms with Crippen molar-refractivity contribution in [2.45, 2.75) is 19.9 Å². The highest BCUT2D eigenvalue weighted by atomic mass is 35.5. The second kappa shape index (κ2) is 6.61. The number of hydrogen-bond donors (Lipinski definition) is 1. The molecule has 0 radical (unpaired) electrons. The van der Waals surface area contributed by atoms with Crippen molar-refractivity contribution in [1.82, 2.24) is 4.90 Å². The van der Waals surface area contributed by atoms with Crippen LogP contribution in [0.4, 0.5) is 5.69 Å². The maximum Gasteiger partial charge on any atom is 0.255 e. The van der Waals surface area contributed by atoms with Gasteiger partial charge >= 0.3 is 0 Å². The lowest BCUT2D eigenvalue weighted by Gasteiger charge is -2.27. The van der Waals surface area contributed by atoms with E-state index < -0.39 is 0 Å². The molecule has 1 aromatic rings. The molecule has 2 N–H and O–H groups in total. The number of ether oxygens (including phenoxy) is 1. The Hall–Kier alpha value is -1.26. The predicted molar refractivity (Wildman–Crippen MR) is 73.9 cm³/mol. The zero-order valence-corrected chi connectivity index (χ0v) is 11.7. The Labute approximate surface area is 113 Å². The molecule has 100 valence electrons. The summed E-state index contributed by atoms with van der Waals surface area (Å²) in [5, 5.41) is 0.378. The third-order valence-corrected chi connectivity index (χ3v) is 2.96. The summed E-state index contributed by atoms with van der Waals surface area (Å²) in [5.41, 5.74) is 6.63. The Kier molecular flexibility index (Phi) is 5.44. The zero-order valence-electron chi connectivity index (χ0n) is 10.9. The maximum absolute atomic E-state index is 12.4. The molecule has 0 bridgehead atoms. The largest absolute Gasteiger partial charge is 0.399 e. The van der Waals surface area contributed by atoms with Crippen molar-refractivity contribution in [3.63, 3.8) is 0 Å². The van der Waals surface area contributed by atoms with Gasteiger partial charge in [-0.1, -0.05) is 11.6 Å². The molecule has 0 saturated carbocycles. The molecule has 0 atom stereocenters. The quantitative estimate of drug-likeness (QED) is 0.836. The number of carbonyl (C=O) groups excluding carboxylic acids is 1. The monoisotopic (exact) mass is 270 g/mol. The first-order valence-corrected chi connectivity index (χ1v) is 6.20. The van der Waals surface area contributed by atoms with Crippen molar-refractivity contribution in [2.75, 3.05) is 26.0 Å². The molecule has 5 heteroatoms. The molecule has 18 heavy (non-hydrogen) atoms. The van der Waals surface area contributed by atoms with Gasteiger partial charge < -0.3 is 15.4 Å². The summed E-state index contributed by atoms with van der Waals surface area (Å²) < 4.78 is 5.01. The SMILES string of the molecule is COCCN(C(=O)c1ccc(N)cc1Cl)C(C)C. The number of amides is 1. The van der Waals surface area contributed by atoms with Crippen LogP contribution in [0.3, 0.4) is 0 Å². The standard InChI is InChI=1S/C13H19ClN2O2/c1-9(2)16(6-7-18-3)13(17)11-5-4-10(15)8-12(11)14/h4-5,8-9H,6-7,15H2,1-3H3. The first-order chi connectivity index (χ1) is 8.47. The number of nitrogens with two attached hydrogens (primary N) is 1. The Bertz CT molecular complexity index is 421. The normalized spacial score (nSPS) is 10.7. The number of benzene rings is 1. The summed E-state index contributed by atoms with van der Waals surface area (Å²) in [4.78, 5) is 14.1. The van der Waals surface area contributed by atoms with Gasteiger partial charge in [-0.05, 0) is 32.0 Å². The summed E-state index contributed by atoms with van der Waals surface area (Å²) in [6.07, 6.45) is 0. The molecule has 1 rings (SSSR count). The number of nitrogens with zero attached hydrogens (tertiary/aromatic N) is 1. The van der Waals surface area contributed by atoms with Gasteiger partial charge in [-0.25, -0.2) is 0 Å². The highest BCUT2D eigenvalue weighted by molar-refractivity contribution is 6.34. The van der Waals surface area contributed by atoms with E-state index in [0.717, 1.165) is 0 Å². The molecule has 0 aliphatic carbocycles. The number of halogens is 1. The van der Waals surface area contributed by atoms with Crippen molar-refractivity contribution in [1.29, 1.82) is 0 Å². The van der Waals surface area contributed by atoms with Crippen molar-refractivity contribution < 1.29 is 9.53 Å². The van der Waals surface area contributed by atoms with Crippen molar-refractivity contribution in [2.24, 2.45) is 0 Å². The average molecular weight is 271 g/mol. The summed E-state index contributed by atoms with van der Waals surface area (Å²) in [6, 6.07) is 5.00. The molecule has 0 fully saturated rings. The van der Waals surface area contributed by atoms with E-state index in [0.29, 0.717) is 29.4 Å². The van der Waals surface area contributed by atoms with Crippen LogP contribution < -0.4 is 5.73 Å². The first-order valence-electron chi connectivity index (χ1n) is 5.82. The molecule has 0 aliphatic rings. The number of methoxy groups -OCH3 is 1. The van der Waals surface area contributed by atoms with Crippen LogP contribution in [-0.2, 0) is 4.74 Å². The second-order valence-corrected chi connectivity index (χ2v) is 4.73. The highest BCUT2D eigenvalue weighted by Crippen LogP contribution is 2.21. The summed E-state index contributed by atoms with van der Waals surface area (Å²) in [6.45, 7) is 4.95. The number of anilines is 1. The molecule has 4 nitrogen and oxygen atoms in total. The van der Waals surface area contributed by atoms with E-state index in [2.05, 4.69) is 0 Å². The van der Waals surface area contributed by atoms with Crippen LogP contribution in [-0.4, -0.2) is 37.1 Å². The minimum Gasteiger partial charge on any atom is -0.399 e. The highest BCUT2D eigenvalue weighted by Gasteiger charge is 2.20. The van der Waals surface area contributed by atoms with Crippen LogP contribution in [0.2, 0.25) is 5.02 Å². The average Bonchev–Trinajstić information content (AvgIpc) is 2.28. The van der Waals surface area contributed by atoms with E-state index in [1.165, 1.54) is 0 Å². The third kappa shape index (κ3) is 3.62. The fourth-order valence-corrected chi connectivity index (χ4v) is 1.91. The van der Waals surface area contributed by atoms with Gasteiger partial charge in [0.1, 0.15) is 0 Å². The van der Waals surface area contributed by atoms with Crippen molar-refractivity contribution in [3.8, 4) is 0 Å². The van der Waals surface area contributed by atoms with E-state index in [9.17, 15) is 4.79 Å². The molecular weight excluding hydrogens is 252 g/mol. The summed E-state index contributed by atoms with van der Waals surface area (Å²) in [5.74, 6) is -0.105. The van der Waals surface area contributed by atoms with Gasteiger partial charge in [0.25, 0.3) is 5.91 Å². The summed E-state index contributed by atoms with van der Waals surface area (Å²) in [7, 11) is 1.61. The lowest BCUT2D eigenvalue weighted by Crippen LogP contribution is -2.39. The molecule has 0 aliphatic heterocycles. The van der Waals surface area contributed by atoms with Crippen molar-refractivity contribution in [3.05, 3.63) is 28.8 Å². The van der Waals surface area contributed by atoms with Crippen molar-refractivity contribution >= 4 is 23.2 Å². The lowest BCUT2D eigenvalue weighted by atomic mass is 10.1. The van der Waals surface area contributed by atoms with Crippen LogP contribution in [0.5, 0.6) is 0 Å². The number of hydrogen-bond acceptors (Lipinski definition) is 3. The number of nitrogen functional groups attached to an aromatic ring is 1. The van der Waals surface area contributed by atoms with Crippen LogP contribution in [0, 0.1) is 0 Å². The van der Waals surface area contributed by atoms with E-state index in [-0.39, 0.29) is 11.9 Å². The minimum atomic E-state index is -0.105. The molecule has 0 spiro atoms. The number of carbonyl (C=O) groups is 1. The molecule has 1 aromatic carbocycles. The maximum atomic E-state index is 12.4. The van der Waals surface area contributed by atoms with E-state index >= 15 is 0 Å². The van der Waals surface area contributed by atoms with Gasteiger partial charge in [0.15, 0.2) is 0 Å². The molecule has 0 aromatic heterocycles.